The number of phenolic OH excluding ortho intramolecular Hbond substituents is 1. The van der Waals surface area contributed by atoms with Crippen molar-refractivity contribution in [1.82, 2.24) is 0 Å². The summed E-state index contributed by atoms with van der Waals surface area (Å²) in [7, 11) is 0. The van der Waals surface area contributed by atoms with E-state index in [4.69, 9.17) is 5.11 Å². The normalized spacial score (nSPS) is 9.92. The number of benzene rings is 1. The summed E-state index contributed by atoms with van der Waals surface area (Å²) in [6, 6.07) is 4.99. The van der Waals surface area contributed by atoms with Crippen LogP contribution in [-0.2, 0) is 11.2 Å². The Bertz CT molecular complexity index is 323. The van der Waals surface area contributed by atoms with Gasteiger partial charge < -0.3 is 10.2 Å². The molecule has 2 N–H and O–H groups in total. The summed E-state index contributed by atoms with van der Waals surface area (Å²) in [5.41, 5.74) is 0.488. The van der Waals surface area contributed by atoms with Gasteiger partial charge in [-0.1, -0.05) is 6.07 Å². The van der Waals surface area contributed by atoms with Gasteiger partial charge in [0.25, 0.3) is 0 Å². The summed E-state index contributed by atoms with van der Waals surface area (Å²) in [6.07, 6.45) is 1.71. The molecule has 1 rings (SSSR count). The average Bonchev–Trinajstić information content (AvgIpc) is 2.08. The van der Waals surface area contributed by atoms with Crippen LogP contribution in [-0.4, -0.2) is 22.4 Å². The molecule has 0 aromatic heterocycles. The maximum atomic E-state index is 10.5. The second-order valence-electron chi connectivity index (χ2n) is 2.53. The van der Waals surface area contributed by atoms with Gasteiger partial charge in [-0.3, -0.25) is 4.79 Å². The Morgan fingerprint density at radius 3 is 2.77 bits per heavy atom. The predicted octanol–water partition coefficient (Wildman–Crippen LogP) is 1.74. The molecule has 1 aromatic rings. The third-order valence-corrected chi connectivity index (χ3v) is 2.48. The van der Waals surface area contributed by atoms with Gasteiger partial charge in [0.15, 0.2) is 0 Å². The Morgan fingerprint density at radius 1 is 1.54 bits per heavy atom. The first kappa shape index (κ1) is 9.92. The molecule has 0 amide bonds. The third-order valence-electron chi connectivity index (χ3n) is 1.66. The molecule has 0 bridgehead atoms. The van der Waals surface area contributed by atoms with E-state index in [0.29, 0.717) is 5.56 Å². The van der Waals surface area contributed by atoms with Crippen molar-refractivity contribution in [2.75, 3.05) is 6.26 Å². The van der Waals surface area contributed by atoms with E-state index in [-0.39, 0.29) is 12.2 Å². The minimum absolute atomic E-state index is 0.0502. The zero-order chi connectivity index (χ0) is 9.84. The molecule has 0 aliphatic rings. The lowest BCUT2D eigenvalue weighted by atomic mass is 10.1. The number of thioether (sulfide) groups is 1. The average molecular weight is 198 g/mol. The van der Waals surface area contributed by atoms with E-state index in [9.17, 15) is 9.90 Å². The highest BCUT2D eigenvalue weighted by atomic mass is 32.2. The number of hydrogen-bond acceptors (Lipinski definition) is 3. The predicted molar refractivity (Wildman–Crippen MR) is 51.2 cm³/mol. The number of phenols is 1. The van der Waals surface area contributed by atoms with Crippen LogP contribution in [0.5, 0.6) is 5.75 Å². The van der Waals surface area contributed by atoms with Gasteiger partial charge in [0.05, 0.1) is 6.42 Å². The van der Waals surface area contributed by atoms with Gasteiger partial charge in [-0.05, 0) is 18.4 Å². The van der Waals surface area contributed by atoms with Crippen molar-refractivity contribution in [3.05, 3.63) is 23.8 Å². The van der Waals surface area contributed by atoms with Crippen molar-refractivity contribution in [2.24, 2.45) is 0 Å². The Balaban J connectivity index is 3.07. The largest absolute Gasteiger partial charge is 0.508 e. The van der Waals surface area contributed by atoms with Gasteiger partial charge in [0.1, 0.15) is 5.75 Å². The molecule has 13 heavy (non-hydrogen) atoms. The van der Waals surface area contributed by atoms with Crippen LogP contribution in [0.3, 0.4) is 0 Å². The standard InChI is InChI=1S/C9H10O3S/c1-13-8-4-2-3-7(10)6(8)5-9(11)12/h2-4,10H,5H2,1H3,(H,11,12). The molecule has 3 nitrogen and oxygen atoms in total. The second kappa shape index (κ2) is 4.18. The van der Waals surface area contributed by atoms with Crippen LogP contribution in [0.2, 0.25) is 0 Å². The fourth-order valence-electron chi connectivity index (χ4n) is 1.07. The highest BCUT2D eigenvalue weighted by molar-refractivity contribution is 7.98. The van der Waals surface area contributed by atoms with E-state index in [1.807, 2.05) is 6.26 Å². The van der Waals surface area contributed by atoms with Crippen molar-refractivity contribution in [3.63, 3.8) is 0 Å². The van der Waals surface area contributed by atoms with E-state index in [1.165, 1.54) is 17.8 Å². The zero-order valence-corrected chi connectivity index (χ0v) is 7.97. The smallest absolute Gasteiger partial charge is 0.308 e. The van der Waals surface area contributed by atoms with Crippen LogP contribution in [0.25, 0.3) is 0 Å². The van der Waals surface area contributed by atoms with Gasteiger partial charge in [-0.2, -0.15) is 0 Å². The number of carboxylic acids is 1. The molecule has 0 spiro atoms. The van der Waals surface area contributed by atoms with Crippen LogP contribution in [0.4, 0.5) is 0 Å². The highest BCUT2D eigenvalue weighted by Gasteiger charge is 2.10. The summed E-state index contributed by atoms with van der Waals surface area (Å²) >= 11 is 1.43. The molecule has 0 aliphatic carbocycles. The van der Waals surface area contributed by atoms with Crippen molar-refractivity contribution in [3.8, 4) is 5.75 Å². The van der Waals surface area contributed by atoms with E-state index in [2.05, 4.69) is 0 Å². The van der Waals surface area contributed by atoms with Gasteiger partial charge >= 0.3 is 5.97 Å². The lowest BCUT2D eigenvalue weighted by Gasteiger charge is -2.06. The Labute approximate surface area is 80.4 Å². The summed E-state index contributed by atoms with van der Waals surface area (Å²) < 4.78 is 0. The van der Waals surface area contributed by atoms with Crippen molar-refractivity contribution in [1.29, 1.82) is 0 Å². The number of rotatable bonds is 3. The number of aromatic hydroxyl groups is 1. The Kier molecular flexibility index (Phi) is 3.19. The molecule has 0 fully saturated rings. The first-order chi connectivity index (χ1) is 6.15. The molecule has 1 aromatic carbocycles. The molecule has 0 saturated heterocycles. The maximum Gasteiger partial charge on any atom is 0.308 e. The number of carboxylic acid groups (broad SMARTS) is 1. The van der Waals surface area contributed by atoms with Crippen molar-refractivity contribution < 1.29 is 15.0 Å². The summed E-state index contributed by atoms with van der Waals surface area (Å²) in [4.78, 5) is 11.3. The molecule has 0 unspecified atom stereocenters. The van der Waals surface area contributed by atoms with Crippen LogP contribution in [0, 0.1) is 0 Å². The van der Waals surface area contributed by atoms with Gasteiger partial charge in [-0.15, -0.1) is 11.8 Å². The molecular weight excluding hydrogens is 188 g/mol. The Morgan fingerprint density at radius 2 is 2.23 bits per heavy atom. The van der Waals surface area contributed by atoms with E-state index in [1.54, 1.807) is 12.1 Å². The molecule has 0 aliphatic heterocycles. The Hall–Kier alpha value is -1.16. The molecule has 0 radical (unpaired) electrons. The van der Waals surface area contributed by atoms with Crippen molar-refractivity contribution >= 4 is 17.7 Å². The van der Waals surface area contributed by atoms with Crippen LogP contribution >= 0.6 is 11.8 Å². The minimum atomic E-state index is -0.934. The fraction of sp³-hybridized carbons (Fsp3) is 0.222. The van der Waals surface area contributed by atoms with Crippen LogP contribution in [0.1, 0.15) is 5.56 Å². The maximum absolute atomic E-state index is 10.5. The number of aliphatic carboxylic acids is 1. The van der Waals surface area contributed by atoms with Gasteiger partial charge in [-0.25, -0.2) is 0 Å². The molecule has 0 atom stereocenters. The number of carbonyl (C=O) groups is 1. The molecule has 0 saturated carbocycles. The fourth-order valence-corrected chi connectivity index (χ4v) is 1.71. The van der Waals surface area contributed by atoms with E-state index in [0.717, 1.165) is 4.90 Å². The topological polar surface area (TPSA) is 57.5 Å². The lowest BCUT2D eigenvalue weighted by molar-refractivity contribution is -0.136. The van der Waals surface area contributed by atoms with Crippen LogP contribution < -0.4 is 0 Å². The monoisotopic (exact) mass is 198 g/mol. The summed E-state index contributed by atoms with van der Waals surface area (Å²) in [5.74, 6) is -0.883. The van der Waals surface area contributed by atoms with Gasteiger partial charge in [0, 0.05) is 10.5 Å². The zero-order valence-electron chi connectivity index (χ0n) is 7.15. The first-order valence-electron chi connectivity index (χ1n) is 3.71. The highest BCUT2D eigenvalue weighted by Crippen LogP contribution is 2.28. The molecule has 0 heterocycles. The SMILES string of the molecule is CSc1cccc(O)c1CC(=O)O. The van der Waals surface area contributed by atoms with Crippen molar-refractivity contribution in [2.45, 2.75) is 11.3 Å². The third kappa shape index (κ3) is 2.39. The molecule has 4 heteroatoms. The summed E-state index contributed by atoms with van der Waals surface area (Å²) in [5, 5.41) is 18.0. The lowest BCUT2D eigenvalue weighted by Crippen LogP contribution is -2.01. The minimum Gasteiger partial charge on any atom is -0.508 e. The number of hydrogen-bond donors (Lipinski definition) is 2. The quantitative estimate of drug-likeness (QED) is 0.726. The molecule has 70 valence electrons. The van der Waals surface area contributed by atoms with Crippen LogP contribution in [0.15, 0.2) is 23.1 Å². The first-order valence-corrected chi connectivity index (χ1v) is 4.94. The summed E-state index contributed by atoms with van der Waals surface area (Å²) in [6.45, 7) is 0. The second-order valence-corrected chi connectivity index (χ2v) is 3.38. The molecular formula is C9H10O3S. The van der Waals surface area contributed by atoms with E-state index >= 15 is 0 Å². The van der Waals surface area contributed by atoms with E-state index < -0.39 is 5.97 Å². The van der Waals surface area contributed by atoms with Gasteiger partial charge in [0.2, 0.25) is 0 Å².